The van der Waals surface area contributed by atoms with Gasteiger partial charge < -0.3 is 15.1 Å². The van der Waals surface area contributed by atoms with E-state index in [4.69, 9.17) is 11.6 Å². The van der Waals surface area contributed by atoms with Gasteiger partial charge in [-0.25, -0.2) is 0 Å². The third-order valence-corrected chi connectivity index (χ3v) is 6.21. The van der Waals surface area contributed by atoms with Gasteiger partial charge in [0.15, 0.2) is 0 Å². The lowest BCUT2D eigenvalue weighted by molar-refractivity contribution is -0.384. The molecule has 7 nitrogen and oxygen atoms in total. The van der Waals surface area contributed by atoms with E-state index in [-0.39, 0.29) is 22.6 Å². The van der Waals surface area contributed by atoms with E-state index in [1.807, 2.05) is 43.3 Å². The Labute approximate surface area is 197 Å². The minimum absolute atomic E-state index is 0.0362. The summed E-state index contributed by atoms with van der Waals surface area (Å²) < 4.78 is 0. The van der Waals surface area contributed by atoms with E-state index in [1.165, 1.54) is 6.07 Å². The van der Waals surface area contributed by atoms with Crippen LogP contribution in [0.3, 0.4) is 0 Å². The molecule has 1 heterocycles. The van der Waals surface area contributed by atoms with Crippen molar-refractivity contribution in [3.63, 3.8) is 0 Å². The van der Waals surface area contributed by atoms with Crippen LogP contribution in [0.1, 0.15) is 28.9 Å². The first-order chi connectivity index (χ1) is 15.9. The zero-order valence-electron chi connectivity index (χ0n) is 18.3. The third kappa shape index (κ3) is 5.09. The van der Waals surface area contributed by atoms with Crippen LogP contribution >= 0.6 is 11.6 Å². The minimum Gasteiger partial charge on any atom is -0.373 e. The van der Waals surface area contributed by atoms with Crippen LogP contribution in [0.25, 0.3) is 0 Å². The fraction of sp³-hybridized carbons (Fsp3) is 0.240. The van der Waals surface area contributed by atoms with Gasteiger partial charge in [-0.3, -0.25) is 14.9 Å². The number of benzene rings is 3. The maximum atomic E-state index is 12.8. The number of hydrogen-bond acceptors (Lipinski definition) is 5. The molecule has 1 fully saturated rings. The first-order valence-corrected chi connectivity index (χ1v) is 11.2. The van der Waals surface area contributed by atoms with Crippen LogP contribution in [-0.4, -0.2) is 41.9 Å². The third-order valence-electron chi connectivity index (χ3n) is 5.88. The van der Waals surface area contributed by atoms with E-state index >= 15 is 0 Å². The SMILES string of the molecule is CC(Nc1cc(N2CCN(C(=O)c3ccccc3Cl)CC2)ccc1[N+](=O)[O-])c1ccccc1. The Morgan fingerprint density at radius 3 is 2.33 bits per heavy atom. The normalized spacial score (nSPS) is 14.6. The summed E-state index contributed by atoms with van der Waals surface area (Å²) in [5, 5.41) is 15.3. The molecular formula is C25H25ClN4O3. The van der Waals surface area contributed by atoms with Crippen molar-refractivity contribution in [1.29, 1.82) is 0 Å². The number of nitrogens with one attached hydrogen (secondary N) is 1. The van der Waals surface area contributed by atoms with Crippen LogP contribution in [-0.2, 0) is 0 Å². The Kier molecular flexibility index (Phi) is 6.79. The highest BCUT2D eigenvalue weighted by atomic mass is 35.5. The molecule has 1 N–H and O–H groups in total. The number of piperazine rings is 1. The van der Waals surface area contributed by atoms with Gasteiger partial charge in [-0.2, -0.15) is 0 Å². The van der Waals surface area contributed by atoms with E-state index in [0.29, 0.717) is 42.5 Å². The minimum atomic E-state index is -0.371. The van der Waals surface area contributed by atoms with Gasteiger partial charge in [0.05, 0.1) is 15.5 Å². The zero-order valence-corrected chi connectivity index (χ0v) is 19.0. The van der Waals surface area contributed by atoms with Crippen molar-refractivity contribution in [2.24, 2.45) is 0 Å². The first kappa shape index (κ1) is 22.6. The van der Waals surface area contributed by atoms with E-state index in [2.05, 4.69) is 10.2 Å². The lowest BCUT2D eigenvalue weighted by Crippen LogP contribution is -2.48. The Morgan fingerprint density at radius 2 is 1.67 bits per heavy atom. The van der Waals surface area contributed by atoms with Crippen molar-refractivity contribution in [3.05, 3.63) is 99.1 Å². The second kappa shape index (κ2) is 9.92. The van der Waals surface area contributed by atoms with Crippen LogP contribution in [0.5, 0.6) is 0 Å². The van der Waals surface area contributed by atoms with Crippen LogP contribution in [0.15, 0.2) is 72.8 Å². The van der Waals surface area contributed by atoms with Crippen LogP contribution in [0, 0.1) is 10.1 Å². The number of carbonyl (C=O) groups is 1. The van der Waals surface area contributed by atoms with Crippen molar-refractivity contribution in [3.8, 4) is 0 Å². The average molecular weight is 465 g/mol. The standard InChI is InChI=1S/C25H25ClN4O3/c1-18(19-7-3-2-4-8-19)27-23-17-20(11-12-24(23)30(32)33)28-13-15-29(16-14-28)25(31)21-9-5-6-10-22(21)26/h2-12,17-18,27H,13-16H2,1H3. The predicted octanol–water partition coefficient (Wildman–Crippen LogP) is 5.38. The molecule has 170 valence electrons. The molecule has 1 atom stereocenters. The summed E-state index contributed by atoms with van der Waals surface area (Å²) in [6, 6.07) is 21.9. The number of nitro groups is 1. The largest absolute Gasteiger partial charge is 0.373 e. The molecule has 0 spiro atoms. The van der Waals surface area contributed by atoms with Gasteiger partial charge in [0, 0.05) is 44.0 Å². The maximum absolute atomic E-state index is 12.8. The van der Waals surface area contributed by atoms with Gasteiger partial charge in [0.2, 0.25) is 0 Å². The number of nitrogens with zero attached hydrogens (tertiary/aromatic N) is 3. The average Bonchev–Trinajstić information content (AvgIpc) is 2.84. The van der Waals surface area contributed by atoms with Gasteiger partial charge in [0.25, 0.3) is 11.6 Å². The summed E-state index contributed by atoms with van der Waals surface area (Å²) in [5.41, 5.74) is 2.94. The van der Waals surface area contributed by atoms with E-state index in [9.17, 15) is 14.9 Å². The zero-order chi connectivity index (χ0) is 23.4. The fourth-order valence-electron chi connectivity index (χ4n) is 4.03. The number of anilines is 2. The summed E-state index contributed by atoms with van der Waals surface area (Å²) in [5.74, 6) is -0.0806. The Balaban J connectivity index is 1.48. The second-order valence-corrected chi connectivity index (χ2v) is 8.40. The molecular weight excluding hydrogens is 440 g/mol. The Morgan fingerprint density at radius 1 is 1.00 bits per heavy atom. The summed E-state index contributed by atoms with van der Waals surface area (Å²) in [4.78, 5) is 28.0. The van der Waals surface area contributed by atoms with Crippen LogP contribution < -0.4 is 10.2 Å². The summed E-state index contributed by atoms with van der Waals surface area (Å²) in [6.07, 6.45) is 0. The molecule has 0 aliphatic carbocycles. The second-order valence-electron chi connectivity index (χ2n) is 7.99. The molecule has 4 rings (SSSR count). The Hall–Kier alpha value is -3.58. The van der Waals surface area contributed by atoms with Gasteiger partial charge in [-0.1, -0.05) is 54.1 Å². The molecule has 1 aliphatic rings. The van der Waals surface area contributed by atoms with Gasteiger partial charge >= 0.3 is 0 Å². The molecule has 1 aliphatic heterocycles. The van der Waals surface area contributed by atoms with Crippen molar-refractivity contribution in [2.75, 3.05) is 36.4 Å². The highest BCUT2D eigenvalue weighted by Crippen LogP contribution is 2.33. The number of amides is 1. The van der Waals surface area contributed by atoms with E-state index in [0.717, 1.165) is 11.3 Å². The van der Waals surface area contributed by atoms with Gasteiger partial charge in [-0.15, -0.1) is 0 Å². The molecule has 8 heteroatoms. The number of nitro benzene ring substituents is 1. The predicted molar refractivity (Wildman–Crippen MR) is 131 cm³/mol. The van der Waals surface area contributed by atoms with Crippen molar-refractivity contribution in [2.45, 2.75) is 13.0 Å². The van der Waals surface area contributed by atoms with E-state index < -0.39 is 0 Å². The number of halogens is 1. The van der Waals surface area contributed by atoms with Gasteiger partial charge in [-0.05, 0) is 36.8 Å². The summed E-state index contributed by atoms with van der Waals surface area (Å²) >= 11 is 6.19. The topological polar surface area (TPSA) is 78.7 Å². The molecule has 0 bridgehead atoms. The number of hydrogen-bond donors (Lipinski definition) is 1. The molecule has 1 saturated heterocycles. The molecule has 1 unspecified atom stereocenters. The molecule has 3 aromatic carbocycles. The fourth-order valence-corrected chi connectivity index (χ4v) is 4.24. The molecule has 0 radical (unpaired) electrons. The molecule has 33 heavy (non-hydrogen) atoms. The monoisotopic (exact) mass is 464 g/mol. The summed E-state index contributed by atoms with van der Waals surface area (Å²) in [6.45, 7) is 4.32. The molecule has 3 aromatic rings. The van der Waals surface area contributed by atoms with E-state index in [1.54, 1.807) is 35.2 Å². The van der Waals surface area contributed by atoms with Crippen molar-refractivity contribution >= 4 is 34.6 Å². The number of carbonyl (C=O) groups excluding carboxylic acids is 1. The first-order valence-electron chi connectivity index (χ1n) is 10.8. The summed E-state index contributed by atoms with van der Waals surface area (Å²) in [7, 11) is 0. The molecule has 1 amide bonds. The van der Waals surface area contributed by atoms with Crippen molar-refractivity contribution in [1.82, 2.24) is 4.90 Å². The molecule has 0 saturated carbocycles. The smallest absolute Gasteiger partial charge is 0.292 e. The van der Waals surface area contributed by atoms with Gasteiger partial charge in [0.1, 0.15) is 5.69 Å². The highest BCUT2D eigenvalue weighted by molar-refractivity contribution is 6.33. The quantitative estimate of drug-likeness (QED) is 0.391. The van der Waals surface area contributed by atoms with Crippen LogP contribution in [0.4, 0.5) is 17.1 Å². The highest BCUT2D eigenvalue weighted by Gasteiger charge is 2.25. The Bertz CT molecular complexity index is 1150. The lowest BCUT2D eigenvalue weighted by atomic mass is 10.1. The molecule has 0 aromatic heterocycles. The maximum Gasteiger partial charge on any atom is 0.292 e. The number of rotatable bonds is 6. The van der Waals surface area contributed by atoms with Crippen LogP contribution in [0.2, 0.25) is 5.02 Å². The lowest BCUT2D eigenvalue weighted by Gasteiger charge is -2.36. The van der Waals surface area contributed by atoms with Crippen molar-refractivity contribution < 1.29 is 9.72 Å².